The highest BCUT2D eigenvalue weighted by atomic mass is 19.1. The first kappa shape index (κ1) is 14.2. The van der Waals surface area contributed by atoms with Gasteiger partial charge in [0.1, 0.15) is 17.3 Å². The zero-order valence-corrected chi connectivity index (χ0v) is 11.4. The first-order valence-electron chi connectivity index (χ1n) is 6.40. The first-order valence-corrected chi connectivity index (χ1v) is 6.40. The van der Waals surface area contributed by atoms with E-state index in [1.165, 1.54) is 18.3 Å². The number of nitrogens with one attached hydrogen (secondary N) is 2. The smallest absolute Gasteiger partial charge is 0.224 e. The Morgan fingerprint density at radius 2 is 2.00 bits per heavy atom. The van der Waals surface area contributed by atoms with Crippen LogP contribution in [0.25, 0.3) is 0 Å². The van der Waals surface area contributed by atoms with Gasteiger partial charge >= 0.3 is 0 Å². The molecule has 2 aromatic rings. The van der Waals surface area contributed by atoms with Gasteiger partial charge in [-0.15, -0.1) is 0 Å². The van der Waals surface area contributed by atoms with E-state index in [1.807, 2.05) is 6.92 Å². The van der Waals surface area contributed by atoms with E-state index >= 15 is 0 Å². The van der Waals surface area contributed by atoms with Gasteiger partial charge in [-0.2, -0.15) is 4.98 Å². The molecule has 0 saturated carbocycles. The minimum absolute atomic E-state index is 0.204. The van der Waals surface area contributed by atoms with Crippen LogP contribution in [0.5, 0.6) is 0 Å². The van der Waals surface area contributed by atoms with Gasteiger partial charge in [-0.3, -0.25) is 0 Å². The van der Waals surface area contributed by atoms with Crippen molar-refractivity contribution < 1.29 is 8.78 Å². The van der Waals surface area contributed by atoms with Crippen molar-refractivity contribution in [1.82, 2.24) is 9.97 Å². The summed E-state index contributed by atoms with van der Waals surface area (Å²) in [5, 5.41) is 5.67. The van der Waals surface area contributed by atoms with Crippen LogP contribution in [0.2, 0.25) is 0 Å². The SMILES string of the molecule is CCCNc1nccc(Nc2c(F)ccc(C)c2F)n1. The lowest BCUT2D eigenvalue weighted by Crippen LogP contribution is -2.06. The summed E-state index contributed by atoms with van der Waals surface area (Å²) in [5.41, 5.74) is 0.164. The number of aromatic nitrogens is 2. The van der Waals surface area contributed by atoms with Crippen molar-refractivity contribution in [2.45, 2.75) is 20.3 Å². The lowest BCUT2D eigenvalue weighted by Gasteiger charge is -2.10. The normalized spacial score (nSPS) is 10.4. The first-order chi connectivity index (χ1) is 9.61. The fourth-order valence-corrected chi connectivity index (χ4v) is 1.65. The molecule has 0 aliphatic carbocycles. The summed E-state index contributed by atoms with van der Waals surface area (Å²) in [7, 11) is 0. The third-order valence-electron chi connectivity index (χ3n) is 2.73. The number of halogens is 2. The van der Waals surface area contributed by atoms with Crippen molar-refractivity contribution in [3.05, 3.63) is 41.6 Å². The molecule has 2 rings (SSSR count). The number of nitrogens with zero attached hydrogens (tertiary/aromatic N) is 2. The van der Waals surface area contributed by atoms with Crippen LogP contribution in [0.4, 0.5) is 26.2 Å². The Kier molecular flexibility index (Phi) is 4.45. The summed E-state index contributed by atoms with van der Waals surface area (Å²) >= 11 is 0. The van der Waals surface area contributed by atoms with Gasteiger partial charge < -0.3 is 10.6 Å². The fourth-order valence-electron chi connectivity index (χ4n) is 1.65. The van der Waals surface area contributed by atoms with E-state index < -0.39 is 11.6 Å². The quantitative estimate of drug-likeness (QED) is 0.877. The standard InChI is InChI=1S/C14H16F2N4/c1-3-7-17-14-18-8-6-11(20-14)19-13-10(15)5-4-9(2)12(13)16/h4-6,8H,3,7H2,1-2H3,(H2,17,18,19,20). The molecular formula is C14H16F2N4. The molecule has 1 aromatic heterocycles. The van der Waals surface area contributed by atoms with Crippen LogP contribution in [0.3, 0.4) is 0 Å². The molecule has 0 unspecified atom stereocenters. The summed E-state index contributed by atoms with van der Waals surface area (Å²) in [6.45, 7) is 4.33. The minimum atomic E-state index is -0.658. The molecule has 6 heteroatoms. The molecule has 0 atom stereocenters. The van der Waals surface area contributed by atoms with Gasteiger partial charge in [0.2, 0.25) is 5.95 Å². The Balaban J connectivity index is 2.24. The van der Waals surface area contributed by atoms with E-state index in [0.717, 1.165) is 13.0 Å². The van der Waals surface area contributed by atoms with Crippen LogP contribution in [0.1, 0.15) is 18.9 Å². The molecule has 0 amide bonds. The highest BCUT2D eigenvalue weighted by Gasteiger charge is 2.12. The number of hydrogen-bond acceptors (Lipinski definition) is 4. The Morgan fingerprint density at radius 1 is 1.20 bits per heavy atom. The molecule has 0 fully saturated rings. The van der Waals surface area contributed by atoms with Crippen molar-refractivity contribution in [2.75, 3.05) is 17.2 Å². The zero-order chi connectivity index (χ0) is 14.5. The van der Waals surface area contributed by atoms with Crippen LogP contribution in [0.15, 0.2) is 24.4 Å². The fraction of sp³-hybridized carbons (Fsp3) is 0.286. The average molecular weight is 278 g/mol. The summed E-state index contributed by atoms with van der Waals surface area (Å²) in [6.07, 6.45) is 2.46. The molecule has 4 nitrogen and oxygen atoms in total. The van der Waals surface area contributed by atoms with Crippen molar-refractivity contribution >= 4 is 17.5 Å². The van der Waals surface area contributed by atoms with Gasteiger partial charge in [-0.05, 0) is 31.0 Å². The van der Waals surface area contributed by atoms with Crippen LogP contribution in [-0.2, 0) is 0 Å². The van der Waals surface area contributed by atoms with Gasteiger partial charge in [0.15, 0.2) is 5.82 Å². The maximum absolute atomic E-state index is 13.9. The monoisotopic (exact) mass is 278 g/mol. The molecule has 0 radical (unpaired) electrons. The highest BCUT2D eigenvalue weighted by molar-refractivity contribution is 5.59. The summed E-state index contributed by atoms with van der Waals surface area (Å²) in [4.78, 5) is 8.18. The van der Waals surface area contributed by atoms with Gasteiger partial charge in [-0.1, -0.05) is 13.0 Å². The largest absolute Gasteiger partial charge is 0.354 e. The molecule has 0 spiro atoms. The second-order valence-electron chi connectivity index (χ2n) is 4.37. The van der Waals surface area contributed by atoms with E-state index in [-0.39, 0.29) is 5.69 Å². The average Bonchev–Trinajstić information content (AvgIpc) is 2.46. The summed E-state index contributed by atoms with van der Waals surface area (Å²) in [6, 6.07) is 4.17. The second-order valence-corrected chi connectivity index (χ2v) is 4.37. The molecule has 106 valence electrons. The predicted molar refractivity (Wildman–Crippen MR) is 75.2 cm³/mol. The molecule has 0 saturated heterocycles. The Morgan fingerprint density at radius 3 is 2.75 bits per heavy atom. The molecule has 1 aromatic carbocycles. The highest BCUT2D eigenvalue weighted by Crippen LogP contribution is 2.24. The van der Waals surface area contributed by atoms with E-state index in [4.69, 9.17) is 0 Å². The lowest BCUT2D eigenvalue weighted by atomic mass is 10.2. The molecule has 0 aliphatic rings. The van der Waals surface area contributed by atoms with Crippen molar-refractivity contribution in [1.29, 1.82) is 0 Å². The molecule has 1 heterocycles. The van der Waals surface area contributed by atoms with E-state index in [2.05, 4.69) is 20.6 Å². The minimum Gasteiger partial charge on any atom is -0.354 e. The van der Waals surface area contributed by atoms with Crippen molar-refractivity contribution in [2.24, 2.45) is 0 Å². The van der Waals surface area contributed by atoms with Crippen LogP contribution in [-0.4, -0.2) is 16.5 Å². The molecule has 20 heavy (non-hydrogen) atoms. The third kappa shape index (κ3) is 3.20. The van der Waals surface area contributed by atoms with Crippen LogP contribution >= 0.6 is 0 Å². The molecule has 0 aliphatic heterocycles. The molecular weight excluding hydrogens is 262 g/mol. The van der Waals surface area contributed by atoms with Gasteiger partial charge in [0, 0.05) is 12.7 Å². The van der Waals surface area contributed by atoms with Crippen LogP contribution in [0, 0.1) is 18.6 Å². The summed E-state index contributed by atoms with van der Waals surface area (Å²) in [5.74, 6) is -0.520. The lowest BCUT2D eigenvalue weighted by molar-refractivity contribution is 0.584. The van der Waals surface area contributed by atoms with Crippen molar-refractivity contribution in [3.63, 3.8) is 0 Å². The third-order valence-corrected chi connectivity index (χ3v) is 2.73. The maximum atomic E-state index is 13.9. The molecule has 0 bridgehead atoms. The van der Waals surface area contributed by atoms with Crippen molar-refractivity contribution in [3.8, 4) is 0 Å². The number of rotatable bonds is 5. The number of benzene rings is 1. The Labute approximate surface area is 116 Å². The van der Waals surface area contributed by atoms with Gasteiger partial charge in [0.05, 0.1) is 0 Å². The van der Waals surface area contributed by atoms with Crippen LogP contribution < -0.4 is 10.6 Å². The van der Waals surface area contributed by atoms with E-state index in [1.54, 1.807) is 13.0 Å². The van der Waals surface area contributed by atoms with E-state index in [9.17, 15) is 8.78 Å². The van der Waals surface area contributed by atoms with E-state index in [0.29, 0.717) is 17.3 Å². The Bertz CT molecular complexity index is 602. The summed E-state index contributed by atoms with van der Waals surface area (Å²) < 4.78 is 27.5. The Hall–Kier alpha value is -2.24. The second kappa shape index (κ2) is 6.27. The van der Waals surface area contributed by atoms with Gasteiger partial charge in [0.25, 0.3) is 0 Å². The molecule has 2 N–H and O–H groups in total. The topological polar surface area (TPSA) is 49.8 Å². The zero-order valence-electron chi connectivity index (χ0n) is 11.4. The number of anilines is 3. The van der Waals surface area contributed by atoms with Gasteiger partial charge in [-0.25, -0.2) is 13.8 Å². The number of aryl methyl sites for hydroxylation is 1. The predicted octanol–water partition coefficient (Wildman–Crippen LogP) is 3.63. The number of hydrogen-bond donors (Lipinski definition) is 2. The maximum Gasteiger partial charge on any atom is 0.224 e.